The monoisotopic (exact) mass is 546 g/mol. The maximum Gasteiger partial charge on any atom is 0.308 e. The minimum atomic E-state index is -0.311. The molecule has 0 heterocycles. The van der Waals surface area contributed by atoms with Gasteiger partial charge in [0.15, 0.2) is 0 Å². The van der Waals surface area contributed by atoms with Crippen molar-refractivity contribution in [1.82, 2.24) is 0 Å². The van der Waals surface area contributed by atoms with Crippen LogP contribution in [-0.2, 0) is 33.3 Å². The molecule has 0 bridgehead atoms. The molecule has 2 unspecified atom stereocenters. The van der Waals surface area contributed by atoms with Crippen LogP contribution in [0.5, 0.6) is 0 Å². The Morgan fingerprint density at radius 3 is 1.41 bits per heavy atom. The molecule has 0 aromatic heterocycles. The number of carbonyl (C=O) groups is 2. The van der Waals surface area contributed by atoms with Crippen molar-refractivity contribution in [3.63, 3.8) is 0 Å². The maximum atomic E-state index is 11.7. The van der Waals surface area contributed by atoms with Gasteiger partial charge < -0.3 is 23.7 Å². The molecule has 0 aliphatic carbocycles. The fourth-order valence-corrected chi connectivity index (χ4v) is 2.57. The van der Waals surface area contributed by atoms with Gasteiger partial charge in [-0.25, -0.2) is 0 Å². The lowest BCUT2D eigenvalue weighted by Gasteiger charge is -2.14. The Morgan fingerprint density at radius 2 is 1.03 bits per heavy atom. The van der Waals surface area contributed by atoms with Crippen molar-refractivity contribution in [3.8, 4) is 0 Å². The zero-order valence-electron chi connectivity index (χ0n) is 17.7. The second-order valence-corrected chi connectivity index (χ2v) is 8.19. The molecule has 0 saturated carbocycles. The largest absolute Gasteiger partial charge is 0.463 e. The molecule has 9 heteroatoms. The van der Waals surface area contributed by atoms with Crippen LogP contribution in [0.3, 0.4) is 0 Å². The molecule has 0 amide bonds. The van der Waals surface area contributed by atoms with Gasteiger partial charge in [-0.15, -0.1) is 0 Å². The summed E-state index contributed by atoms with van der Waals surface area (Å²) in [6.45, 7) is 6.67. The summed E-state index contributed by atoms with van der Waals surface area (Å²) in [6, 6.07) is 0. The summed E-state index contributed by atoms with van der Waals surface area (Å²) >= 11 is 6.68. The standard InChI is InChI=1S/C20H36Br2O7/c1-17(5-13-25-11-3-9-21)28-19(23)7-15-27-16-8-20(24)29-18(2)6-14-26-12-4-10-22/h17-18H,3-16H2,1-2H3. The van der Waals surface area contributed by atoms with Crippen molar-refractivity contribution in [2.24, 2.45) is 0 Å². The second kappa shape index (κ2) is 21.0. The molecule has 2 atom stereocenters. The van der Waals surface area contributed by atoms with E-state index in [1.165, 1.54) is 0 Å². The molecule has 0 saturated heterocycles. The quantitative estimate of drug-likeness (QED) is 0.129. The van der Waals surface area contributed by atoms with Gasteiger partial charge in [-0.1, -0.05) is 31.9 Å². The Kier molecular flexibility index (Phi) is 20.9. The number of ether oxygens (including phenoxy) is 5. The number of hydrogen-bond donors (Lipinski definition) is 0. The highest BCUT2D eigenvalue weighted by Crippen LogP contribution is 2.03. The first-order valence-corrected chi connectivity index (χ1v) is 12.5. The Labute approximate surface area is 191 Å². The van der Waals surface area contributed by atoms with Gasteiger partial charge in [0, 0.05) is 36.7 Å². The summed E-state index contributed by atoms with van der Waals surface area (Å²) < 4.78 is 26.8. The molecule has 0 aliphatic rings. The minimum absolute atomic E-state index is 0.159. The zero-order valence-corrected chi connectivity index (χ0v) is 20.8. The Bertz CT molecular complexity index is 374. The van der Waals surface area contributed by atoms with E-state index in [1.54, 1.807) is 0 Å². The van der Waals surface area contributed by atoms with Crippen molar-refractivity contribution < 1.29 is 33.3 Å². The van der Waals surface area contributed by atoms with Crippen molar-refractivity contribution >= 4 is 43.8 Å². The number of halogens is 2. The predicted molar refractivity (Wildman–Crippen MR) is 119 cm³/mol. The summed E-state index contributed by atoms with van der Waals surface area (Å²) in [5, 5.41) is 1.84. The van der Waals surface area contributed by atoms with Crippen molar-refractivity contribution in [2.45, 2.75) is 64.6 Å². The van der Waals surface area contributed by atoms with Gasteiger partial charge in [0.05, 0.1) is 39.3 Å². The summed E-state index contributed by atoms with van der Waals surface area (Å²) in [4.78, 5) is 23.5. The normalized spacial score (nSPS) is 13.1. The van der Waals surface area contributed by atoms with Crippen LogP contribution >= 0.6 is 31.9 Å². The van der Waals surface area contributed by atoms with E-state index in [2.05, 4.69) is 31.9 Å². The average molecular weight is 548 g/mol. The van der Waals surface area contributed by atoms with E-state index in [1.807, 2.05) is 13.8 Å². The molecule has 29 heavy (non-hydrogen) atoms. The van der Waals surface area contributed by atoms with Crippen LogP contribution in [-0.4, -0.2) is 74.4 Å². The van der Waals surface area contributed by atoms with E-state index in [0.29, 0.717) is 39.3 Å². The lowest BCUT2D eigenvalue weighted by atomic mass is 10.3. The molecule has 0 aliphatic heterocycles. The molecular formula is C20H36Br2O7. The minimum Gasteiger partial charge on any atom is -0.463 e. The van der Waals surface area contributed by atoms with Crippen LogP contribution in [0.2, 0.25) is 0 Å². The van der Waals surface area contributed by atoms with Gasteiger partial charge in [-0.3, -0.25) is 9.59 Å². The highest BCUT2D eigenvalue weighted by atomic mass is 79.9. The van der Waals surface area contributed by atoms with E-state index in [0.717, 1.165) is 23.5 Å². The van der Waals surface area contributed by atoms with Crippen LogP contribution in [0.1, 0.15) is 52.4 Å². The van der Waals surface area contributed by atoms with Crippen LogP contribution in [0.4, 0.5) is 0 Å². The lowest BCUT2D eigenvalue weighted by molar-refractivity contribution is -0.151. The zero-order chi connectivity index (χ0) is 21.7. The number of esters is 2. The molecule has 0 fully saturated rings. The number of hydrogen-bond acceptors (Lipinski definition) is 7. The van der Waals surface area contributed by atoms with Gasteiger partial charge >= 0.3 is 11.9 Å². The highest BCUT2D eigenvalue weighted by molar-refractivity contribution is 9.09. The third kappa shape index (κ3) is 20.8. The molecule has 7 nitrogen and oxygen atoms in total. The van der Waals surface area contributed by atoms with Crippen molar-refractivity contribution in [2.75, 3.05) is 50.3 Å². The van der Waals surface area contributed by atoms with E-state index < -0.39 is 0 Å². The summed E-state index contributed by atoms with van der Waals surface area (Å²) in [5.41, 5.74) is 0. The van der Waals surface area contributed by atoms with Gasteiger partial charge in [-0.2, -0.15) is 0 Å². The molecule has 0 N–H and O–H groups in total. The molecule has 0 radical (unpaired) electrons. The molecule has 0 spiro atoms. The first kappa shape index (κ1) is 28.8. The van der Waals surface area contributed by atoms with E-state index >= 15 is 0 Å². The highest BCUT2D eigenvalue weighted by Gasteiger charge is 2.11. The Balaban J connectivity index is 3.57. The van der Waals surface area contributed by atoms with E-state index in [-0.39, 0.29) is 50.2 Å². The fourth-order valence-electron chi connectivity index (χ4n) is 2.11. The van der Waals surface area contributed by atoms with Crippen LogP contribution < -0.4 is 0 Å². The molecule has 172 valence electrons. The lowest BCUT2D eigenvalue weighted by Crippen LogP contribution is -2.20. The van der Waals surface area contributed by atoms with Crippen molar-refractivity contribution in [1.29, 1.82) is 0 Å². The summed E-state index contributed by atoms with van der Waals surface area (Å²) in [6.07, 6.45) is 3.20. The average Bonchev–Trinajstić information content (AvgIpc) is 2.67. The molecule has 0 rings (SSSR count). The van der Waals surface area contributed by atoms with Gasteiger partial charge in [0.1, 0.15) is 12.2 Å². The van der Waals surface area contributed by atoms with Gasteiger partial charge in [0.2, 0.25) is 0 Å². The number of rotatable bonds is 20. The summed E-state index contributed by atoms with van der Waals surface area (Å²) in [7, 11) is 0. The van der Waals surface area contributed by atoms with Crippen LogP contribution in [0.25, 0.3) is 0 Å². The Morgan fingerprint density at radius 1 is 0.655 bits per heavy atom. The fraction of sp³-hybridized carbons (Fsp3) is 0.900. The third-order valence-corrected chi connectivity index (χ3v) is 4.87. The number of carbonyl (C=O) groups excluding carboxylic acids is 2. The van der Waals surface area contributed by atoms with E-state index in [9.17, 15) is 9.59 Å². The van der Waals surface area contributed by atoms with Crippen LogP contribution in [0, 0.1) is 0 Å². The van der Waals surface area contributed by atoms with Crippen LogP contribution in [0.15, 0.2) is 0 Å². The Hall–Kier alpha value is -0.220. The predicted octanol–water partition coefficient (Wildman–Crippen LogP) is 4.03. The SMILES string of the molecule is CC(CCOCCCBr)OC(=O)CCOCCC(=O)OC(C)CCOCCCBr. The van der Waals surface area contributed by atoms with Crippen molar-refractivity contribution in [3.05, 3.63) is 0 Å². The van der Waals surface area contributed by atoms with E-state index in [4.69, 9.17) is 23.7 Å². The molecular weight excluding hydrogens is 512 g/mol. The first-order chi connectivity index (χ1) is 14.0. The topological polar surface area (TPSA) is 80.3 Å². The smallest absolute Gasteiger partial charge is 0.308 e. The third-order valence-electron chi connectivity index (χ3n) is 3.75. The maximum absolute atomic E-state index is 11.7. The second-order valence-electron chi connectivity index (χ2n) is 6.60. The number of alkyl halides is 2. The van der Waals surface area contributed by atoms with Gasteiger partial charge in [-0.05, 0) is 26.7 Å². The molecule has 0 aromatic rings. The first-order valence-electron chi connectivity index (χ1n) is 10.2. The summed E-state index contributed by atoms with van der Waals surface area (Å²) in [5.74, 6) is -0.622. The molecule has 0 aromatic carbocycles. The van der Waals surface area contributed by atoms with Gasteiger partial charge in [0.25, 0.3) is 0 Å².